The van der Waals surface area contributed by atoms with Gasteiger partial charge in [0.25, 0.3) is 5.91 Å². The Kier molecular flexibility index (Phi) is 15.5. The van der Waals surface area contributed by atoms with Crippen molar-refractivity contribution in [3.63, 3.8) is 0 Å². The molecule has 4 aromatic carbocycles. The molecular weight excluding hydrogens is 941 g/mol. The quantitative estimate of drug-likeness (QED) is 0.0711. The second-order valence-electron chi connectivity index (χ2n) is 17.6. The Morgan fingerprint density at radius 3 is 2.16 bits per heavy atom. The average Bonchev–Trinajstić information content (AvgIpc) is 3.62. The molecule has 0 bridgehead atoms. The number of carbonyl (C=O) groups excluding carboxylic acids is 3. The zero-order chi connectivity index (χ0) is 49.0. The highest BCUT2D eigenvalue weighted by atomic mass is 35.5. The molecule has 7 rings (SSSR count). The van der Waals surface area contributed by atoms with Crippen LogP contribution in [0.1, 0.15) is 80.6 Å². The van der Waals surface area contributed by atoms with E-state index in [2.05, 4.69) is 17.0 Å². The molecule has 0 radical (unpaired) electrons. The molecule has 2 saturated heterocycles. The van der Waals surface area contributed by atoms with E-state index >= 15 is 0 Å². The van der Waals surface area contributed by atoms with Gasteiger partial charge in [-0.1, -0.05) is 53.5 Å². The second-order valence-corrected chi connectivity index (χ2v) is 18.4. The largest absolute Gasteiger partial charge is 0.465 e. The molecule has 19 heteroatoms. The van der Waals surface area contributed by atoms with E-state index in [1.807, 2.05) is 12.1 Å². The Hall–Kier alpha value is -5.20. The van der Waals surface area contributed by atoms with Gasteiger partial charge in [-0.15, -0.1) is 0 Å². The summed E-state index contributed by atoms with van der Waals surface area (Å²) in [5.74, 6) is -1.22. The van der Waals surface area contributed by atoms with Crippen molar-refractivity contribution in [2.75, 3.05) is 71.0 Å². The number of amides is 3. The summed E-state index contributed by atoms with van der Waals surface area (Å²) in [6.45, 7) is 1.76. The maximum atomic E-state index is 13.9. The minimum Gasteiger partial charge on any atom is -0.465 e. The van der Waals surface area contributed by atoms with Gasteiger partial charge >= 0.3 is 18.4 Å². The zero-order valence-corrected chi connectivity index (χ0v) is 38.6. The fourth-order valence-electron chi connectivity index (χ4n) is 9.64. The van der Waals surface area contributed by atoms with Gasteiger partial charge in [0.1, 0.15) is 18.5 Å². The van der Waals surface area contributed by atoms with Crippen LogP contribution in [0.5, 0.6) is 0 Å². The van der Waals surface area contributed by atoms with E-state index in [0.717, 1.165) is 11.1 Å². The monoisotopic (exact) mass is 990 g/mol. The van der Waals surface area contributed by atoms with Crippen LogP contribution < -0.4 is 4.90 Å². The number of ether oxygens (including phenoxy) is 2. The number of fused-ring (bicyclic) bond motifs is 2. The van der Waals surface area contributed by atoms with Crippen molar-refractivity contribution in [3.05, 3.63) is 134 Å². The summed E-state index contributed by atoms with van der Waals surface area (Å²) in [6, 6.07) is 20.1. The highest BCUT2D eigenvalue weighted by Gasteiger charge is 2.50. The Morgan fingerprint density at radius 1 is 0.868 bits per heavy atom. The number of aldehydes is 1. The number of morpholine rings is 1. The van der Waals surface area contributed by atoms with Crippen molar-refractivity contribution in [2.24, 2.45) is 0 Å². The van der Waals surface area contributed by atoms with Crippen molar-refractivity contribution >= 4 is 53.1 Å². The zero-order valence-electron chi connectivity index (χ0n) is 37.1. The molecule has 1 N–H and O–H groups in total. The highest BCUT2D eigenvalue weighted by Crippen LogP contribution is 2.48. The number of unbranched alkanes of at least 4 members (excludes halogenated alkanes) is 1. The summed E-state index contributed by atoms with van der Waals surface area (Å²) in [6.07, 6.45) is -7.74. The number of carbonyl (C=O) groups is 4. The summed E-state index contributed by atoms with van der Waals surface area (Å²) in [7, 11) is 1.68. The minimum absolute atomic E-state index is 0.0123. The molecule has 2 heterocycles. The predicted octanol–water partition coefficient (Wildman–Crippen LogP) is 10.00. The number of anilines is 1. The number of halogens is 8. The third-order valence-corrected chi connectivity index (χ3v) is 14.2. The van der Waals surface area contributed by atoms with Crippen LogP contribution in [0, 0.1) is 0 Å². The van der Waals surface area contributed by atoms with Gasteiger partial charge in [-0.25, -0.2) is 4.79 Å². The highest BCUT2D eigenvalue weighted by molar-refractivity contribution is 6.42. The van der Waals surface area contributed by atoms with Crippen LogP contribution in [0.3, 0.4) is 0 Å². The van der Waals surface area contributed by atoms with Gasteiger partial charge in [-0.3, -0.25) is 19.3 Å². The van der Waals surface area contributed by atoms with Gasteiger partial charge in [0.15, 0.2) is 0 Å². The SMILES string of the molecule is CN(CCCCN(C(=O)O)c1ccc(C=O)cc1)C(=O)CO[C@H]1Cc2ccccc2C12CCN(CC[C@@]1(c3ccc(Cl)c(Cl)c3)CN(C(=O)c3cc(C(F)(F)F)cc(C(F)(F)F)c3)CCO1)CC2. The molecule has 1 spiro atoms. The molecule has 1 aliphatic carbocycles. The first kappa shape index (κ1) is 50.7. The number of likely N-dealkylation sites (tertiary alicyclic amines) is 1. The lowest BCUT2D eigenvalue weighted by molar-refractivity contribution is -0.143. The average molecular weight is 992 g/mol. The third-order valence-electron chi connectivity index (χ3n) is 13.4. The van der Waals surface area contributed by atoms with Gasteiger partial charge in [-0.2, -0.15) is 26.3 Å². The number of hydrogen-bond donors (Lipinski definition) is 1. The van der Waals surface area contributed by atoms with Crippen LogP contribution >= 0.6 is 23.2 Å². The smallest absolute Gasteiger partial charge is 0.416 e. The van der Waals surface area contributed by atoms with Gasteiger partial charge in [0, 0.05) is 55.5 Å². The maximum Gasteiger partial charge on any atom is 0.416 e. The molecule has 2 aliphatic heterocycles. The minimum atomic E-state index is -5.13. The Labute approximate surface area is 399 Å². The first-order valence-corrected chi connectivity index (χ1v) is 22.9. The fraction of sp³-hybridized carbons (Fsp3) is 0.429. The Balaban J connectivity index is 0.999. The van der Waals surface area contributed by atoms with E-state index < -0.39 is 52.1 Å². The third kappa shape index (κ3) is 11.3. The van der Waals surface area contributed by atoms with Crippen molar-refractivity contribution < 1.29 is 60.1 Å². The van der Waals surface area contributed by atoms with Crippen LogP contribution in [-0.4, -0.2) is 116 Å². The van der Waals surface area contributed by atoms with Crippen LogP contribution in [0.2, 0.25) is 10.0 Å². The van der Waals surface area contributed by atoms with Crippen LogP contribution in [0.4, 0.5) is 36.8 Å². The number of hydrogen-bond acceptors (Lipinski definition) is 7. The van der Waals surface area contributed by atoms with E-state index in [4.69, 9.17) is 32.7 Å². The number of nitrogens with zero attached hydrogens (tertiary/aromatic N) is 4. The van der Waals surface area contributed by atoms with E-state index in [1.54, 1.807) is 54.4 Å². The summed E-state index contributed by atoms with van der Waals surface area (Å²) in [5, 5.41) is 10.2. The number of alkyl halides is 6. The lowest BCUT2D eigenvalue weighted by Gasteiger charge is -2.46. The second kappa shape index (κ2) is 20.8. The van der Waals surface area contributed by atoms with Crippen molar-refractivity contribution in [1.29, 1.82) is 0 Å². The van der Waals surface area contributed by atoms with Crippen molar-refractivity contribution in [2.45, 2.75) is 68.0 Å². The summed E-state index contributed by atoms with van der Waals surface area (Å²) < 4.78 is 95.6. The molecule has 4 aromatic rings. The number of rotatable bonds is 15. The molecule has 0 saturated carbocycles. The van der Waals surface area contributed by atoms with Gasteiger partial charge < -0.3 is 29.3 Å². The molecule has 68 heavy (non-hydrogen) atoms. The molecule has 3 amide bonds. The Morgan fingerprint density at radius 2 is 1.53 bits per heavy atom. The number of benzene rings is 4. The number of likely N-dealkylation sites (N-methyl/N-ethyl adjacent to an activating group) is 1. The van der Waals surface area contributed by atoms with E-state index in [9.17, 15) is 50.6 Å². The lowest BCUT2D eigenvalue weighted by atomic mass is 9.72. The first-order chi connectivity index (χ1) is 32.2. The van der Waals surface area contributed by atoms with Crippen LogP contribution in [0.25, 0.3) is 0 Å². The van der Waals surface area contributed by atoms with E-state index in [0.29, 0.717) is 93.5 Å². The molecule has 11 nitrogen and oxygen atoms in total. The molecule has 3 aliphatic rings. The van der Waals surface area contributed by atoms with Crippen molar-refractivity contribution in [1.82, 2.24) is 14.7 Å². The predicted molar refractivity (Wildman–Crippen MR) is 242 cm³/mol. The van der Waals surface area contributed by atoms with Gasteiger partial charge in [0.05, 0.1) is 40.4 Å². The summed E-state index contributed by atoms with van der Waals surface area (Å²) >= 11 is 12.7. The van der Waals surface area contributed by atoms with E-state index in [-0.39, 0.29) is 67.4 Å². The number of piperidine rings is 1. The van der Waals surface area contributed by atoms with E-state index in [1.165, 1.54) is 9.80 Å². The van der Waals surface area contributed by atoms with Crippen LogP contribution in [0.15, 0.2) is 84.9 Å². The number of carboxylic acid groups (broad SMARTS) is 1. The molecular formula is C49H50Cl2F6N4O7. The van der Waals surface area contributed by atoms with Gasteiger partial charge in [0.2, 0.25) is 5.91 Å². The molecule has 364 valence electrons. The molecule has 0 aromatic heterocycles. The summed E-state index contributed by atoms with van der Waals surface area (Å²) in [4.78, 5) is 56.5. The van der Waals surface area contributed by atoms with Gasteiger partial charge in [-0.05, 0) is 123 Å². The summed E-state index contributed by atoms with van der Waals surface area (Å²) in [5.41, 5.74) is -1.87. The van der Waals surface area contributed by atoms with Crippen molar-refractivity contribution in [3.8, 4) is 0 Å². The standard InChI is InChI=1S/C49H50Cl2F6N4O7/c1-58(17-4-5-18-61(45(65)66)38-11-8-32(29-62)9-12-38)43(63)30-67-42-26-33-6-2-3-7-39(33)46(42)14-19-59(20-15-46)21-16-47(35-10-13-40(50)41(51)28-35)31-60(22-23-68-47)44(64)34-24-36(48(52,53)54)27-37(25-34)49(55,56)57/h2-3,6-13,24-25,27-29,42H,4-5,14-23,26,30-31H2,1H3,(H,65,66)/t42-,47-/m0/s1. The normalized spacial score (nSPS) is 19.4. The first-order valence-electron chi connectivity index (χ1n) is 22.1. The molecule has 2 fully saturated rings. The fourth-order valence-corrected chi connectivity index (χ4v) is 9.94. The maximum absolute atomic E-state index is 13.9. The van der Waals surface area contributed by atoms with Crippen LogP contribution in [-0.2, 0) is 44.1 Å². The Bertz CT molecular complexity index is 2450. The molecule has 2 atom stereocenters. The molecule has 0 unspecified atom stereocenters. The topological polar surface area (TPSA) is 120 Å². The lowest BCUT2D eigenvalue weighted by Crippen LogP contribution is -2.54.